The van der Waals surface area contributed by atoms with Crippen LogP contribution in [0, 0.1) is 12.7 Å². The molecule has 5 rings (SSSR count). The second-order valence-corrected chi connectivity index (χ2v) is 9.46. The zero-order valence-corrected chi connectivity index (χ0v) is 21.1. The fraction of sp³-hybridized carbons (Fsp3) is 0.226. The zero-order valence-electron chi connectivity index (χ0n) is 21.1. The van der Waals surface area contributed by atoms with Crippen molar-refractivity contribution in [2.75, 3.05) is 18.0 Å². The van der Waals surface area contributed by atoms with Gasteiger partial charge in [0.25, 0.3) is 5.91 Å². The molecule has 2 amide bonds. The summed E-state index contributed by atoms with van der Waals surface area (Å²) in [6.07, 6.45) is 3.63. The van der Waals surface area contributed by atoms with Gasteiger partial charge in [-0.2, -0.15) is 0 Å². The Morgan fingerprint density at radius 2 is 1.70 bits per heavy atom. The van der Waals surface area contributed by atoms with E-state index in [0.717, 1.165) is 41.0 Å². The Hall–Kier alpha value is -4.19. The van der Waals surface area contributed by atoms with Crippen molar-refractivity contribution in [1.29, 1.82) is 0 Å². The summed E-state index contributed by atoms with van der Waals surface area (Å²) in [6.45, 7) is 4.39. The van der Waals surface area contributed by atoms with E-state index in [2.05, 4.69) is 10.6 Å². The van der Waals surface area contributed by atoms with Gasteiger partial charge in [0.05, 0.1) is 17.1 Å². The molecule has 37 heavy (non-hydrogen) atoms. The lowest BCUT2D eigenvalue weighted by molar-refractivity contribution is -0.119. The van der Waals surface area contributed by atoms with Gasteiger partial charge in [0, 0.05) is 18.3 Å². The number of anilines is 1. The van der Waals surface area contributed by atoms with Crippen LogP contribution in [-0.2, 0) is 4.79 Å². The third-order valence-corrected chi connectivity index (χ3v) is 6.81. The first-order valence-electron chi connectivity index (χ1n) is 12.7. The van der Waals surface area contributed by atoms with E-state index in [1.165, 1.54) is 18.2 Å². The number of para-hydroxylation sites is 2. The maximum atomic E-state index is 14.2. The van der Waals surface area contributed by atoms with Crippen LogP contribution in [0.15, 0.2) is 91.1 Å². The number of unbranched alkanes of at least 4 members (excludes halogenated alkanes) is 1. The number of benzene rings is 3. The van der Waals surface area contributed by atoms with Gasteiger partial charge >= 0.3 is 0 Å². The summed E-state index contributed by atoms with van der Waals surface area (Å²) in [7, 11) is 0. The molecule has 0 N–H and O–H groups in total. The molecule has 1 atom stereocenters. The maximum absolute atomic E-state index is 14.2. The Labute approximate surface area is 216 Å². The van der Waals surface area contributed by atoms with Crippen LogP contribution in [0.4, 0.5) is 10.1 Å². The summed E-state index contributed by atoms with van der Waals surface area (Å²) in [5.74, 6) is -1.01. The number of rotatable bonds is 7. The van der Waals surface area contributed by atoms with E-state index in [1.807, 2.05) is 79.5 Å². The molecule has 0 saturated carbocycles. The van der Waals surface area contributed by atoms with Crippen molar-refractivity contribution in [3.63, 3.8) is 0 Å². The van der Waals surface area contributed by atoms with E-state index in [-0.39, 0.29) is 30.0 Å². The molecule has 0 bridgehead atoms. The Balaban J connectivity index is 1.56. The molecule has 1 aromatic heterocycles. The summed E-state index contributed by atoms with van der Waals surface area (Å²) >= 11 is 0. The van der Waals surface area contributed by atoms with Crippen molar-refractivity contribution in [3.8, 4) is 5.69 Å². The quantitative estimate of drug-likeness (QED) is 0.302. The number of carbonyl (C=O) groups excluding carboxylic acids is 2. The van der Waals surface area contributed by atoms with E-state index in [1.54, 1.807) is 11.0 Å². The fourth-order valence-corrected chi connectivity index (χ4v) is 5.06. The number of fused-ring (bicyclic) bond motifs is 3. The predicted octanol–water partition coefficient (Wildman–Crippen LogP) is 6.30. The maximum Gasteiger partial charge on any atom is 0.254 e. The minimum absolute atomic E-state index is 0.104. The van der Waals surface area contributed by atoms with Crippen molar-refractivity contribution >= 4 is 17.5 Å². The molecular weight excluding hydrogens is 465 g/mol. The van der Waals surface area contributed by atoms with Crippen LogP contribution in [0.2, 0.25) is 0 Å². The van der Waals surface area contributed by atoms with E-state index in [4.69, 9.17) is 0 Å². The second kappa shape index (κ2) is 10.4. The number of hydrogen-bond acceptors (Lipinski definition) is 2. The molecule has 0 aliphatic carbocycles. The summed E-state index contributed by atoms with van der Waals surface area (Å²) in [5, 5.41) is 0. The highest BCUT2D eigenvalue weighted by molar-refractivity contribution is 6.02. The Bertz CT molecular complexity index is 1440. The minimum Gasteiger partial charge on any atom is -0.329 e. The molecule has 3 aromatic carbocycles. The lowest BCUT2D eigenvalue weighted by atomic mass is 9.96. The van der Waals surface area contributed by atoms with Crippen LogP contribution < -0.4 is 4.90 Å². The topological polar surface area (TPSA) is 45.6 Å². The lowest BCUT2D eigenvalue weighted by Gasteiger charge is -2.39. The molecule has 1 aliphatic rings. The molecule has 4 aromatic rings. The average Bonchev–Trinajstić information content (AvgIpc) is 3.40. The van der Waals surface area contributed by atoms with Crippen molar-refractivity contribution in [2.24, 2.45) is 0 Å². The number of aromatic nitrogens is 1. The SMILES string of the molecule is CCCCN(CC(=O)N1c2ccccc2-n2cccc2C1c1cccc(C)c1)C(=O)c1cccc(F)c1. The highest BCUT2D eigenvalue weighted by Gasteiger charge is 2.37. The van der Waals surface area contributed by atoms with E-state index < -0.39 is 5.82 Å². The van der Waals surface area contributed by atoms with Gasteiger partial charge in [-0.05, 0) is 61.4 Å². The van der Waals surface area contributed by atoms with Gasteiger partial charge in [-0.3, -0.25) is 14.5 Å². The first-order valence-corrected chi connectivity index (χ1v) is 12.7. The number of amides is 2. The van der Waals surface area contributed by atoms with Gasteiger partial charge in [-0.25, -0.2) is 4.39 Å². The molecule has 2 heterocycles. The molecule has 0 saturated heterocycles. The van der Waals surface area contributed by atoms with E-state index in [9.17, 15) is 14.0 Å². The molecule has 0 spiro atoms. The zero-order chi connectivity index (χ0) is 25.9. The largest absolute Gasteiger partial charge is 0.329 e. The van der Waals surface area contributed by atoms with Crippen molar-refractivity contribution < 1.29 is 14.0 Å². The van der Waals surface area contributed by atoms with Crippen LogP contribution in [0.1, 0.15) is 53.0 Å². The third-order valence-electron chi connectivity index (χ3n) is 6.81. The number of hydrogen-bond donors (Lipinski definition) is 0. The Morgan fingerprint density at radius 1 is 0.919 bits per heavy atom. The minimum atomic E-state index is -0.474. The fourth-order valence-electron chi connectivity index (χ4n) is 5.06. The predicted molar refractivity (Wildman–Crippen MR) is 143 cm³/mol. The molecule has 1 aliphatic heterocycles. The summed E-state index contributed by atoms with van der Waals surface area (Å²) in [6, 6.07) is 25.3. The summed E-state index contributed by atoms with van der Waals surface area (Å²) in [5.41, 5.74) is 5.03. The normalized spacial score (nSPS) is 14.1. The standard InChI is InChI=1S/C31H30FN3O2/c1-3-4-17-33(31(37)24-12-8-13-25(32)20-24)21-29(36)35-27-15-6-5-14-26(27)34-18-9-16-28(34)30(35)23-11-7-10-22(2)19-23/h5-16,18-20,30H,3-4,17,21H2,1-2H3. The monoisotopic (exact) mass is 495 g/mol. The smallest absolute Gasteiger partial charge is 0.254 e. The Morgan fingerprint density at radius 3 is 2.46 bits per heavy atom. The number of aryl methyl sites for hydroxylation is 1. The molecule has 1 unspecified atom stereocenters. The highest BCUT2D eigenvalue weighted by atomic mass is 19.1. The molecule has 188 valence electrons. The van der Waals surface area contributed by atoms with E-state index in [0.29, 0.717) is 6.54 Å². The van der Waals surface area contributed by atoms with E-state index >= 15 is 0 Å². The average molecular weight is 496 g/mol. The van der Waals surface area contributed by atoms with Crippen LogP contribution in [0.5, 0.6) is 0 Å². The molecular formula is C31H30FN3O2. The molecule has 0 fully saturated rings. The van der Waals surface area contributed by atoms with Crippen molar-refractivity contribution in [2.45, 2.75) is 32.7 Å². The third kappa shape index (κ3) is 4.79. The lowest BCUT2D eigenvalue weighted by Crippen LogP contribution is -2.47. The summed E-state index contributed by atoms with van der Waals surface area (Å²) < 4.78 is 16.0. The number of halogens is 1. The molecule has 6 heteroatoms. The summed E-state index contributed by atoms with van der Waals surface area (Å²) in [4.78, 5) is 31.0. The van der Waals surface area contributed by atoms with Crippen molar-refractivity contribution in [3.05, 3.63) is 119 Å². The highest BCUT2D eigenvalue weighted by Crippen LogP contribution is 2.42. The van der Waals surface area contributed by atoms with Crippen LogP contribution in [-0.4, -0.2) is 34.4 Å². The van der Waals surface area contributed by atoms with Crippen LogP contribution in [0.3, 0.4) is 0 Å². The van der Waals surface area contributed by atoms with Crippen LogP contribution in [0.25, 0.3) is 5.69 Å². The molecule has 5 nitrogen and oxygen atoms in total. The Kier molecular flexibility index (Phi) is 6.91. The first-order chi connectivity index (χ1) is 18.0. The van der Waals surface area contributed by atoms with Gasteiger partial charge in [0.2, 0.25) is 5.91 Å². The first kappa shape index (κ1) is 24.5. The molecule has 0 radical (unpaired) electrons. The van der Waals surface area contributed by atoms with Gasteiger partial charge in [-0.1, -0.05) is 61.4 Å². The second-order valence-electron chi connectivity index (χ2n) is 9.46. The van der Waals surface area contributed by atoms with Crippen LogP contribution >= 0.6 is 0 Å². The van der Waals surface area contributed by atoms with Crippen molar-refractivity contribution in [1.82, 2.24) is 9.47 Å². The van der Waals surface area contributed by atoms with Gasteiger partial charge < -0.3 is 9.47 Å². The van der Waals surface area contributed by atoms with Gasteiger partial charge in [0.1, 0.15) is 18.4 Å². The van der Waals surface area contributed by atoms with Gasteiger partial charge in [-0.15, -0.1) is 0 Å². The number of carbonyl (C=O) groups is 2. The van der Waals surface area contributed by atoms with Gasteiger partial charge in [0.15, 0.2) is 0 Å². The number of nitrogens with zero attached hydrogens (tertiary/aromatic N) is 3.